The minimum atomic E-state index is -0.260. The molecule has 2 aromatic rings. The molecule has 5 nitrogen and oxygen atoms in total. The Balaban J connectivity index is 1.99. The predicted octanol–water partition coefficient (Wildman–Crippen LogP) is 2.92. The van der Waals surface area contributed by atoms with Crippen LogP contribution in [0.1, 0.15) is 6.42 Å². The van der Waals surface area contributed by atoms with E-state index in [1.165, 1.54) is 12.1 Å². The maximum absolute atomic E-state index is 11.7. The van der Waals surface area contributed by atoms with Crippen molar-refractivity contribution >= 4 is 34.8 Å². The third-order valence-electron chi connectivity index (χ3n) is 2.43. The molecule has 0 unspecified atom stereocenters. The van der Waals surface area contributed by atoms with Gasteiger partial charge in [0, 0.05) is 30.4 Å². The zero-order chi connectivity index (χ0) is 13.8. The maximum atomic E-state index is 11.7. The molecule has 1 heterocycles. The van der Waals surface area contributed by atoms with E-state index in [4.69, 9.17) is 23.2 Å². The van der Waals surface area contributed by atoms with E-state index in [2.05, 4.69) is 10.4 Å². The Bertz CT molecular complexity index is 585. The monoisotopic (exact) mass is 299 g/mol. The molecule has 0 fully saturated rings. The number of carbonyl (C=O) groups excluding carboxylic acids is 1. The summed E-state index contributed by atoms with van der Waals surface area (Å²) in [5, 5.41) is 16.7. The number of phenolic OH excluding ortho intramolecular Hbond substituents is 1. The second-order valence-electron chi connectivity index (χ2n) is 3.85. The molecule has 0 bridgehead atoms. The minimum Gasteiger partial charge on any atom is -0.504 e. The number of aryl methyl sites for hydroxylation is 1. The smallest absolute Gasteiger partial charge is 0.226 e. The molecule has 0 saturated heterocycles. The zero-order valence-corrected chi connectivity index (χ0v) is 11.3. The molecule has 0 spiro atoms. The zero-order valence-electron chi connectivity index (χ0n) is 9.81. The quantitative estimate of drug-likeness (QED) is 0.853. The normalized spacial score (nSPS) is 10.4. The standard InChI is InChI=1S/C12H11Cl2N3O2/c13-8-6-9(14)12(19)10(7-8)16-11(18)2-5-17-4-1-3-15-17/h1,3-4,6-7,19H,2,5H2,(H,16,18). The molecule has 1 aromatic carbocycles. The van der Waals surface area contributed by atoms with Gasteiger partial charge < -0.3 is 10.4 Å². The highest BCUT2D eigenvalue weighted by Crippen LogP contribution is 2.34. The number of anilines is 1. The number of hydrogen-bond acceptors (Lipinski definition) is 3. The fraction of sp³-hybridized carbons (Fsp3) is 0.167. The fourth-order valence-corrected chi connectivity index (χ4v) is 2.02. The Morgan fingerprint density at radius 1 is 1.42 bits per heavy atom. The van der Waals surface area contributed by atoms with Gasteiger partial charge in [-0.05, 0) is 18.2 Å². The molecular formula is C12H11Cl2N3O2. The summed E-state index contributed by atoms with van der Waals surface area (Å²) in [6.07, 6.45) is 3.63. The summed E-state index contributed by atoms with van der Waals surface area (Å²) in [6.45, 7) is 0.452. The first-order valence-corrected chi connectivity index (χ1v) is 6.27. The third kappa shape index (κ3) is 3.62. The number of aromatic nitrogens is 2. The number of nitrogens with zero attached hydrogens (tertiary/aromatic N) is 2. The van der Waals surface area contributed by atoms with E-state index in [0.717, 1.165) is 0 Å². The third-order valence-corrected chi connectivity index (χ3v) is 2.94. The van der Waals surface area contributed by atoms with E-state index in [9.17, 15) is 9.90 Å². The van der Waals surface area contributed by atoms with Gasteiger partial charge in [-0.3, -0.25) is 9.48 Å². The summed E-state index contributed by atoms with van der Waals surface area (Å²) in [7, 11) is 0. The van der Waals surface area contributed by atoms with E-state index in [1.807, 2.05) is 0 Å². The van der Waals surface area contributed by atoms with Crippen molar-refractivity contribution in [2.24, 2.45) is 0 Å². The molecule has 0 aliphatic carbocycles. The number of phenols is 1. The molecule has 0 atom stereocenters. The van der Waals surface area contributed by atoms with Gasteiger partial charge in [-0.1, -0.05) is 23.2 Å². The number of amides is 1. The highest BCUT2D eigenvalue weighted by Gasteiger charge is 2.11. The second-order valence-corrected chi connectivity index (χ2v) is 4.69. The summed E-state index contributed by atoms with van der Waals surface area (Å²) in [5.41, 5.74) is 0.197. The van der Waals surface area contributed by atoms with Gasteiger partial charge in [0.2, 0.25) is 5.91 Å². The molecule has 0 aliphatic rings. The number of halogens is 2. The number of carbonyl (C=O) groups is 1. The average molecular weight is 300 g/mol. The van der Waals surface area contributed by atoms with E-state index in [-0.39, 0.29) is 28.8 Å². The number of hydrogen-bond donors (Lipinski definition) is 2. The van der Waals surface area contributed by atoms with Crippen LogP contribution in [0.2, 0.25) is 10.0 Å². The van der Waals surface area contributed by atoms with Gasteiger partial charge in [0.1, 0.15) is 0 Å². The summed E-state index contributed by atoms with van der Waals surface area (Å²) in [4.78, 5) is 11.7. The minimum absolute atomic E-state index is 0.0925. The van der Waals surface area contributed by atoms with Crippen LogP contribution in [-0.4, -0.2) is 20.8 Å². The maximum Gasteiger partial charge on any atom is 0.226 e. The molecule has 2 rings (SSSR count). The molecule has 19 heavy (non-hydrogen) atoms. The van der Waals surface area contributed by atoms with E-state index >= 15 is 0 Å². The lowest BCUT2D eigenvalue weighted by Gasteiger charge is -2.09. The van der Waals surface area contributed by atoms with Gasteiger partial charge in [-0.2, -0.15) is 5.10 Å². The van der Waals surface area contributed by atoms with Crippen LogP contribution in [0.25, 0.3) is 0 Å². The van der Waals surface area contributed by atoms with Crippen LogP contribution in [0.3, 0.4) is 0 Å². The van der Waals surface area contributed by atoms with Gasteiger partial charge in [-0.15, -0.1) is 0 Å². The lowest BCUT2D eigenvalue weighted by atomic mass is 10.2. The van der Waals surface area contributed by atoms with Gasteiger partial charge in [0.05, 0.1) is 10.7 Å². The molecule has 7 heteroatoms. The van der Waals surface area contributed by atoms with Crippen LogP contribution in [0.4, 0.5) is 5.69 Å². The number of benzene rings is 1. The van der Waals surface area contributed by atoms with Crippen molar-refractivity contribution in [3.05, 3.63) is 40.6 Å². The van der Waals surface area contributed by atoms with Crippen LogP contribution in [0, 0.1) is 0 Å². The molecular weight excluding hydrogens is 289 g/mol. The second kappa shape index (κ2) is 5.95. The lowest BCUT2D eigenvalue weighted by molar-refractivity contribution is -0.116. The van der Waals surface area contributed by atoms with Crippen LogP contribution in [0.5, 0.6) is 5.75 Å². The molecule has 2 N–H and O–H groups in total. The van der Waals surface area contributed by atoms with Crippen molar-refractivity contribution in [1.82, 2.24) is 9.78 Å². The van der Waals surface area contributed by atoms with Crippen LogP contribution < -0.4 is 5.32 Å². The van der Waals surface area contributed by atoms with E-state index in [1.54, 1.807) is 23.1 Å². The van der Waals surface area contributed by atoms with Crippen molar-refractivity contribution in [2.75, 3.05) is 5.32 Å². The SMILES string of the molecule is O=C(CCn1cccn1)Nc1cc(Cl)cc(Cl)c1O. The van der Waals surface area contributed by atoms with Gasteiger partial charge >= 0.3 is 0 Å². The van der Waals surface area contributed by atoms with Crippen molar-refractivity contribution in [2.45, 2.75) is 13.0 Å². The van der Waals surface area contributed by atoms with Gasteiger partial charge in [0.15, 0.2) is 5.75 Å². The highest BCUT2D eigenvalue weighted by atomic mass is 35.5. The van der Waals surface area contributed by atoms with Gasteiger partial charge in [0.25, 0.3) is 0 Å². The molecule has 1 aromatic heterocycles. The number of nitrogens with one attached hydrogen (secondary N) is 1. The number of rotatable bonds is 4. The summed E-state index contributed by atoms with van der Waals surface area (Å²) in [5.74, 6) is -0.456. The Hall–Kier alpha value is -1.72. The van der Waals surface area contributed by atoms with Crippen molar-refractivity contribution in [3.8, 4) is 5.75 Å². The van der Waals surface area contributed by atoms with Crippen LogP contribution in [-0.2, 0) is 11.3 Å². The highest BCUT2D eigenvalue weighted by molar-refractivity contribution is 6.36. The summed E-state index contributed by atoms with van der Waals surface area (Å²) < 4.78 is 1.64. The fourth-order valence-electron chi connectivity index (χ4n) is 1.52. The van der Waals surface area contributed by atoms with E-state index in [0.29, 0.717) is 11.6 Å². The Morgan fingerprint density at radius 3 is 2.89 bits per heavy atom. The molecule has 100 valence electrons. The Morgan fingerprint density at radius 2 is 2.21 bits per heavy atom. The largest absolute Gasteiger partial charge is 0.504 e. The predicted molar refractivity (Wildman–Crippen MR) is 73.6 cm³/mol. The van der Waals surface area contributed by atoms with E-state index < -0.39 is 0 Å². The molecule has 0 aliphatic heterocycles. The first kappa shape index (κ1) is 13.7. The first-order valence-electron chi connectivity index (χ1n) is 5.51. The van der Waals surface area contributed by atoms with Gasteiger partial charge in [-0.25, -0.2) is 0 Å². The van der Waals surface area contributed by atoms with Crippen molar-refractivity contribution < 1.29 is 9.90 Å². The summed E-state index contributed by atoms with van der Waals surface area (Å²) in [6, 6.07) is 4.62. The topological polar surface area (TPSA) is 67.2 Å². The molecule has 1 amide bonds. The van der Waals surface area contributed by atoms with Crippen LogP contribution >= 0.6 is 23.2 Å². The lowest BCUT2D eigenvalue weighted by Crippen LogP contribution is -2.14. The Labute approximate surface area is 119 Å². The van der Waals surface area contributed by atoms with Crippen molar-refractivity contribution in [1.29, 1.82) is 0 Å². The van der Waals surface area contributed by atoms with Crippen molar-refractivity contribution in [3.63, 3.8) is 0 Å². The summed E-state index contributed by atoms with van der Waals surface area (Å²) >= 11 is 11.6. The number of aromatic hydroxyl groups is 1. The molecule has 0 saturated carbocycles. The first-order chi connectivity index (χ1) is 9.06. The average Bonchev–Trinajstić information content (AvgIpc) is 2.86. The molecule has 0 radical (unpaired) electrons. The Kier molecular flexibility index (Phi) is 4.29. The van der Waals surface area contributed by atoms with Crippen LogP contribution in [0.15, 0.2) is 30.6 Å².